The molecule has 0 spiro atoms. The van der Waals surface area contributed by atoms with Crippen molar-refractivity contribution in [2.75, 3.05) is 26.3 Å². The number of hydrogen-bond donors (Lipinski definition) is 2. The Morgan fingerprint density at radius 1 is 1.23 bits per heavy atom. The number of rotatable bonds is 2. The summed E-state index contributed by atoms with van der Waals surface area (Å²) in [5, 5.41) is 12.0. The first-order valence-corrected chi connectivity index (χ1v) is 9.97. The largest absolute Gasteiger partial charge is 0.507 e. The number of thiazole rings is 1. The second-order valence-electron chi connectivity index (χ2n) is 5.33. The molecule has 1 saturated heterocycles. The van der Waals surface area contributed by atoms with Crippen molar-refractivity contribution in [3.63, 3.8) is 0 Å². The van der Waals surface area contributed by atoms with E-state index < -0.39 is 0 Å². The maximum Gasteiger partial charge on any atom is 0.257 e. The van der Waals surface area contributed by atoms with Crippen LogP contribution in [0.4, 0.5) is 0 Å². The molecular weight excluding hydrogens is 350 g/mol. The fourth-order valence-electron chi connectivity index (χ4n) is 2.79. The zero-order valence-corrected chi connectivity index (χ0v) is 16.7. The highest BCUT2D eigenvalue weighted by molar-refractivity contribution is 7.18. The Hall–Kier alpha value is -1.96. The molecule has 7 heteroatoms. The van der Waals surface area contributed by atoms with Gasteiger partial charge in [0.2, 0.25) is 0 Å². The first kappa shape index (κ1) is 20.4. The molecule has 0 unspecified atom stereocenters. The van der Waals surface area contributed by atoms with Crippen molar-refractivity contribution < 1.29 is 9.84 Å². The number of nitrogens with zero attached hydrogens (tertiary/aromatic N) is 2. The van der Waals surface area contributed by atoms with Gasteiger partial charge in [0, 0.05) is 13.1 Å². The number of phenolic OH excluding ortho intramolecular Hbond substituents is 1. The highest BCUT2D eigenvalue weighted by atomic mass is 32.1. The second-order valence-corrected chi connectivity index (χ2v) is 6.41. The fraction of sp³-hybridized carbons (Fsp3) is 0.474. The molecule has 0 saturated carbocycles. The van der Waals surface area contributed by atoms with Gasteiger partial charge < -0.3 is 14.8 Å². The molecule has 0 bridgehead atoms. The summed E-state index contributed by atoms with van der Waals surface area (Å²) in [5.74, 6) is 0.0943. The normalized spacial score (nSPS) is 14.5. The number of ether oxygens (including phenoxy) is 1. The lowest BCUT2D eigenvalue weighted by molar-refractivity contribution is 0.0342. The van der Waals surface area contributed by atoms with Crippen LogP contribution in [0.2, 0.25) is 0 Å². The van der Waals surface area contributed by atoms with Crippen molar-refractivity contribution in [1.29, 1.82) is 0 Å². The number of benzene rings is 1. The summed E-state index contributed by atoms with van der Waals surface area (Å²) in [5.41, 5.74) is 0.473. The van der Waals surface area contributed by atoms with Gasteiger partial charge in [0.15, 0.2) is 0 Å². The van der Waals surface area contributed by atoms with Crippen molar-refractivity contribution >= 4 is 32.5 Å². The zero-order valence-electron chi connectivity index (χ0n) is 15.8. The maximum absolute atomic E-state index is 12.1. The summed E-state index contributed by atoms with van der Waals surface area (Å²) in [4.78, 5) is 22.6. The van der Waals surface area contributed by atoms with E-state index in [2.05, 4.69) is 14.9 Å². The van der Waals surface area contributed by atoms with Crippen LogP contribution in [-0.4, -0.2) is 46.3 Å². The molecular formula is C19H27N3O3S. The number of H-pyrrole nitrogens is 1. The fourth-order valence-corrected chi connectivity index (χ4v) is 3.79. The molecule has 142 valence electrons. The van der Waals surface area contributed by atoms with Crippen molar-refractivity contribution in [2.24, 2.45) is 0 Å². The van der Waals surface area contributed by atoms with Gasteiger partial charge in [0.05, 0.1) is 30.5 Å². The van der Waals surface area contributed by atoms with Gasteiger partial charge in [-0.1, -0.05) is 45.1 Å². The van der Waals surface area contributed by atoms with Crippen LogP contribution < -0.4 is 5.56 Å². The molecule has 3 heterocycles. The average molecular weight is 378 g/mol. The van der Waals surface area contributed by atoms with E-state index in [1.54, 1.807) is 18.2 Å². The molecule has 0 radical (unpaired) electrons. The van der Waals surface area contributed by atoms with Gasteiger partial charge >= 0.3 is 0 Å². The molecule has 0 amide bonds. The average Bonchev–Trinajstić information content (AvgIpc) is 3.08. The standard InChI is InChI=1S/C15H15N3O3S.2C2H6/c19-10-3-1-2-9-12(10)13-15(17-14(9)20)22-11(16-13)8-18-4-6-21-7-5-18;2*1-2/h1-3,19H,4-8H2,(H,17,20);2*1-2H3. The Morgan fingerprint density at radius 2 is 1.92 bits per heavy atom. The molecule has 3 aromatic rings. The number of pyridine rings is 1. The summed E-state index contributed by atoms with van der Waals surface area (Å²) >= 11 is 1.47. The Morgan fingerprint density at radius 3 is 2.62 bits per heavy atom. The Bertz CT molecular complexity index is 898. The Labute approximate surface area is 157 Å². The van der Waals surface area contributed by atoms with Crippen LogP contribution in [0.25, 0.3) is 21.1 Å². The summed E-state index contributed by atoms with van der Waals surface area (Å²) < 4.78 is 5.35. The minimum Gasteiger partial charge on any atom is -0.507 e. The molecule has 1 aliphatic heterocycles. The van der Waals surface area contributed by atoms with Gasteiger partial charge in [-0.15, -0.1) is 0 Å². The SMILES string of the molecule is CC.CC.O=c1[nH]c2sc(CN3CCOCC3)nc2c2c(O)cccc12. The third-order valence-corrected chi connectivity index (χ3v) is 4.84. The van der Waals surface area contributed by atoms with Crippen LogP contribution in [0.5, 0.6) is 5.75 Å². The maximum atomic E-state index is 12.1. The summed E-state index contributed by atoms with van der Waals surface area (Å²) in [6.07, 6.45) is 0. The van der Waals surface area contributed by atoms with Crippen LogP contribution in [-0.2, 0) is 11.3 Å². The minimum absolute atomic E-state index is 0.0943. The summed E-state index contributed by atoms with van der Waals surface area (Å²) in [6, 6.07) is 4.95. The van der Waals surface area contributed by atoms with Gasteiger partial charge in [0.25, 0.3) is 5.56 Å². The first-order valence-electron chi connectivity index (χ1n) is 9.16. The van der Waals surface area contributed by atoms with Gasteiger partial charge in [-0.2, -0.15) is 0 Å². The van der Waals surface area contributed by atoms with Crippen LogP contribution in [0.1, 0.15) is 32.7 Å². The Kier molecular flexibility index (Phi) is 7.56. The smallest absolute Gasteiger partial charge is 0.257 e. The molecule has 1 aliphatic rings. The van der Waals surface area contributed by atoms with E-state index in [0.717, 1.165) is 37.9 Å². The van der Waals surface area contributed by atoms with E-state index in [4.69, 9.17) is 4.74 Å². The number of aromatic nitrogens is 2. The van der Waals surface area contributed by atoms with E-state index in [1.807, 2.05) is 27.7 Å². The molecule has 1 fully saturated rings. The number of morpholine rings is 1. The van der Waals surface area contributed by atoms with Crippen LogP contribution in [0.3, 0.4) is 0 Å². The minimum atomic E-state index is -0.194. The van der Waals surface area contributed by atoms with Crippen LogP contribution >= 0.6 is 11.3 Å². The summed E-state index contributed by atoms with van der Waals surface area (Å²) in [6.45, 7) is 12.0. The predicted octanol–water partition coefficient (Wildman–Crippen LogP) is 3.73. The first-order chi connectivity index (χ1) is 12.7. The quantitative estimate of drug-likeness (QED) is 0.711. The Balaban J connectivity index is 0.000000570. The third-order valence-electron chi connectivity index (χ3n) is 3.88. The molecule has 0 aliphatic carbocycles. The lowest BCUT2D eigenvalue weighted by Crippen LogP contribution is -2.35. The molecule has 6 nitrogen and oxygen atoms in total. The van der Waals surface area contributed by atoms with Gasteiger partial charge in [0.1, 0.15) is 21.1 Å². The zero-order chi connectivity index (χ0) is 19.1. The third kappa shape index (κ3) is 4.23. The lowest BCUT2D eigenvalue weighted by Gasteiger charge is -2.25. The highest BCUT2D eigenvalue weighted by Gasteiger charge is 2.16. The van der Waals surface area contributed by atoms with Gasteiger partial charge in [-0.25, -0.2) is 4.98 Å². The van der Waals surface area contributed by atoms with Crippen molar-refractivity contribution in [2.45, 2.75) is 34.2 Å². The number of phenols is 1. The van der Waals surface area contributed by atoms with E-state index in [-0.39, 0.29) is 11.3 Å². The molecule has 0 atom stereocenters. The van der Waals surface area contributed by atoms with E-state index in [1.165, 1.54) is 11.3 Å². The number of nitrogens with one attached hydrogen (secondary N) is 1. The van der Waals surface area contributed by atoms with Crippen LogP contribution in [0, 0.1) is 0 Å². The second kappa shape index (κ2) is 9.66. The van der Waals surface area contributed by atoms with Crippen molar-refractivity contribution in [3.8, 4) is 5.75 Å². The van der Waals surface area contributed by atoms with E-state index in [9.17, 15) is 9.90 Å². The highest BCUT2D eigenvalue weighted by Crippen LogP contribution is 2.31. The number of aromatic amines is 1. The molecule has 2 N–H and O–H groups in total. The topological polar surface area (TPSA) is 78.5 Å². The number of fused-ring (bicyclic) bond motifs is 3. The monoisotopic (exact) mass is 377 g/mol. The molecule has 4 rings (SSSR count). The van der Waals surface area contributed by atoms with Crippen molar-refractivity contribution in [3.05, 3.63) is 33.6 Å². The number of aromatic hydroxyl groups is 1. The molecule has 1 aromatic carbocycles. The molecule has 26 heavy (non-hydrogen) atoms. The summed E-state index contributed by atoms with van der Waals surface area (Å²) in [7, 11) is 0. The van der Waals surface area contributed by atoms with E-state index >= 15 is 0 Å². The van der Waals surface area contributed by atoms with Crippen LogP contribution in [0.15, 0.2) is 23.0 Å². The predicted molar refractivity (Wildman–Crippen MR) is 108 cm³/mol. The molecule has 2 aromatic heterocycles. The van der Waals surface area contributed by atoms with Crippen molar-refractivity contribution in [1.82, 2.24) is 14.9 Å². The number of hydrogen-bond acceptors (Lipinski definition) is 6. The van der Waals surface area contributed by atoms with Gasteiger partial charge in [-0.3, -0.25) is 9.69 Å². The van der Waals surface area contributed by atoms with E-state index in [0.29, 0.717) is 21.1 Å². The lowest BCUT2D eigenvalue weighted by atomic mass is 10.1. The van der Waals surface area contributed by atoms with Gasteiger partial charge in [-0.05, 0) is 12.1 Å².